The first-order chi connectivity index (χ1) is 5.29. The third-order valence-corrected chi connectivity index (χ3v) is 2.29. The fourth-order valence-corrected chi connectivity index (χ4v) is 1.55. The number of hydrogen-bond donors (Lipinski definition) is 0. The Kier molecular flexibility index (Phi) is 1.46. The van der Waals surface area contributed by atoms with Gasteiger partial charge in [0.15, 0.2) is 0 Å². The summed E-state index contributed by atoms with van der Waals surface area (Å²) in [6.07, 6.45) is 1.85. The van der Waals surface area contributed by atoms with Gasteiger partial charge in [-0.05, 0) is 18.6 Å². The summed E-state index contributed by atoms with van der Waals surface area (Å²) in [5.74, 6) is 0. The molecule has 1 heterocycles. The number of halogens is 1. The highest BCUT2D eigenvalue weighted by Crippen LogP contribution is 2.29. The van der Waals surface area contributed by atoms with Crippen molar-refractivity contribution >= 4 is 17.8 Å². The molecule has 0 saturated carbocycles. The third-order valence-electron chi connectivity index (χ3n) is 1.96. The molecular weight excluding hydrogens is 158 g/mol. The van der Waals surface area contributed by atoms with E-state index >= 15 is 0 Å². The number of benzene rings is 1. The Bertz CT molecular complexity index is 317. The second kappa shape index (κ2) is 2.35. The van der Waals surface area contributed by atoms with Crippen molar-refractivity contribution in [3.05, 3.63) is 34.3 Å². The molecule has 0 bridgehead atoms. The summed E-state index contributed by atoms with van der Waals surface area (Å²) >= 11 is 5.94. The van der Waals surface area contributed by atoms with E-state index in [1.165, 1.54) is 5.56 Å². The van der Waals surface area contributed by atoms with Crippen LogP contribution in [0.15, 0.2) is 23.2 Å². The van der Waals surface area contributed by atoms with E-state index in [0.717, 1.165) is 10.6 Å². The van der Waals surface area contributed by atoms with E-state index in [9.17, 15) is 0 Å². The van der Waals surface area contributed by atoms with Crippen LogP contribution in [0.4, 0.5) is 0 Å². The van der Waals surface area contributed by atoms with E-state index in [-0.39, 0.29) is 6.04 Å². The summed E-state index contributed by atoms with van der Waals surface area (Å²) in [6, 6.07) is 6.21. The minimum Gasteiger partial charge on any atom is -0.285 e. The fraction of sp³-hybridized carbons (Fsp3) is 0.222. The third kappa shape index (κ3) is 0.962. The van der Waals surface area contributed by atoms with Crippen LogP contribution in [0.3, 0.4) is 0 Å². The lowest BCUT2D eigenvalue weighted by Crippen LogP contribution is -1.87. The van der Waals surface area contributed by atoms with Gasteiger partial charge in [-0.2, -0.15) is 0 Å². The Hall–Kier alpha value is -0.820. The van der Waals surface area contributed by atoms with E-state index in [1.807, 2.05) is 18.3 Å². The van der Waals surface area contributed by atoms with Crippen LogP contribution >= 0.6 is 11.6 Å². The highest BCUT2D eigenvalue weighted by molar-refractivity contribution is 6.33. The van der Waals surface area contributed by atoms with Crippen molar-refractivity contribution in [1.82, 2.24) is 0 Å². The van der Waals surface area contributed by atoms with Crippen LogP contribution in [0.25, 0.3) is 0 Å². The molecule has 1 aromatic carbocycles. The van der Waals surface area contributed by atoms with Crippen molar-refractivity contribution < 1.29 is 0 Å². The first-order valence-electron chi connectivity index (χ1n) is 3.60. The first-order valence-corrected chi connectivity index (χ1v) is 3.98. The minimum atomic E-state index is 0.281. The number of nitrogens with zero attached hydrogens (tertiary/aromatic N) is 1. The normalized spacial score (nSPS) is 20.4. The molecule has 1 aromatic rings. The molecule has 1 unspecified atom stereocenters. The summed E-state index contributed by atoms with van der Waals surface area (Å²) in [6.45, 7) is 2.07. The average molecular weight is 166 g/mol. The second-order valence-electron chi connectivity index (χ2n) is 2.70. The first kappa shape index (κ1) is 6.86. The monoisotopic (exact) mass is 165 g/mol. The van der Waals surface area contributed by atoms with Gasteiger partial charge in [-0.3, -0.25) is 4.99 Å². The SMILES string of the molecule is CC1N=Cc2c(Cl)cccc21. The van der Waals surface area contributed by atoms with Crippen molar-refractivity contribution in [1.29, 1.82) is 0 Å². The van der Waals surface area contributed by atoms with Crippen LogP contribution in [-0.4, -0.2) is 6.21 Å². The molecule has 2 heteroatoms. The molecule has 0 aromatic heterocycles. The predicted octanol–water partition coefficient (Wildman–Crippen LogP) is 2.83. The van der Waals surface area contributed by atoms with Crippen molar-refractivity contribution in [2.24, 2.45) is 4.99 Å². The molecule has 0 N–H and O–H groups in total. The van der Waals surface area contributed by atoms with E-state index in [1.54, 1.807) is 0 Å². The molecule has 0 fully saturated rings. The van der Waals surface area contributed by atoms with Gasteiger partial charge in [-0.25, -0.2) is 0 Å². The summed E-state index contributed by atoms with van der Waals surface area (Å²) in [4.78, 5) is 4.26. The van der Waals surface area contributed by atoms with Gasteiger partial charge in [-0.1, -0.05) is 23.7 Å². The highest BCUT2D eigenvalue weighted by Gasteiger charge is 2.15. The maximum Gasteiger partial charge on any atom is 0.0727 e. The van der Waals surface area contributed by atoms with Crippen LogP contribution in [0, 0.1) is 0 Å². The zero-order valence-electron chi connectivity index (χ0n) is 6.21. The predicted molar refractivity (Wildman–Crippen MR) is 47.5 cm³/mol. The van der Waals surface area contributed by atoms with Crippen molar-refractivity contribution in [3.8, 4) is 0 Å². The van der Waals surface area contributed by atoms with Gasteiger partial charge in [0, 0.05) is 16.8 Å². The Morgan fingerprint density at radius 1 is 1.45 bits per heavy atom. The van der Waals surface area contributed by atoms with Crippen LogP contribution in [-0.2, 0) is 0 Å². The van der Waals surface area contributed by atoms with E-state index in [4.69, 9.17) is 11.6 Å². The molecule has 0 saturated heterocycles. The summed E-state index contributed by atoms with van der Waals surface area (Å²) < 4.78 is 0. The zero-order chi connectivity index (χ0) is 7.84. The summed E-state index contributed by atoms with van der Waals surface area (Å²) in [7, 11) is 0. The molecule has 56 valence electrons. The Labute approximate surface area is 70.7 Å². The summed E-state index contributed by atoms with van der Waals surface area (Å²) in [5.41, 5.74) is 2.32. The molecule has 0 amide bonds. The van der Waals surface area contributed by atoms with Crippen LogP contribution < -0.4 is 0 Å². The molecule has 1 nitrogen and oxygen atoms in total. The summed E-state index contributed by atoms with van der Waals surface area (Å²) in [5, 5.41) is 0.801. The van der Waals surface area contributed by atoms with Gasteiger partial charge in [0.05, 0.1) is 6.04 Å². The minimum absolute atomic E-state index is 0.281. The average Bonchev–Trinajstić information content (AvgIpc) is 2.35. The second-order valence-corrected chi connectivity index (χ2v) is 3.10. The van der Waals surface area contributed by atoms with Crippen molar-refractivity contribution in [2.45, 2.75) is 13.0 Å². The fourth-order valence-electron chi connectivity index (χ4n) is 1.32. The van der Waals surface area contributed by atoms with Gasteiger partial charge < -0.3 is 0 Å². The molecule has 1 atom stereocenters. The van der Waals surface area contributed by atoms with Gasteiger partial charge in [0.2, 0.25) is 0 Å². The molecular formula is C9H8ClN. The number of fused-ring (bicyclic) bond motifs is 1. The van der Waals surface area contributed by atoms with Gasteiger partial charge in [-0.15, -0.1) is 0 Å². The number of hydrogen-bond acceptors (Lipinski definition) is 1. The molecule has 0 radical (unpaired) electrons. The zero-order valence-corrected chi connectivity index (χ0v) is 6.97. The van der Waals surface area contributed by atoms with Gasteiger partial charge in [0.1, 0.15) is 0 Å². The quantitative estimate of drug-likeness (QED) is 0.561. The van der Waals surface area contributed by atoms with Gasteiger partial charge >= 0.3 is 0 Å². The van der Waals surface area contributed by atoms with Crippen molar-refractivity contribution in [3.63, 3.8) is 0 Å². The topological polar surface area (TPSA) is 12.4 Å². The molecule has 11 heavy (non-hydrogen) atoms. The van der Waals surface area contributed by atoms with Crippen LogP contribution in [0.5, 0.6) is 0 Å². The van der Waals surface area contributed by atoms with E-state index < -0.39 is 0 Å². The smallest absolute Gasteiger partial charge is 0.0727 e. The molecule has 1 aliphatic rings. The molecule has 2 rings (SSSR count). The van der Waals surface area contributed by atoms with Crippen LogP contribution in [0.1, 0.15) is 24.1 Å². The highest BCUT2D eigenvalue weighted by atomic mass is 35.5. The van der Waals surface area contributed by atoms with Crippen molar-refractivity contribution in [2.75, 3.05) is 0 Å². The Morgan fingerprint density at radius 3 is 3.00 bits per heavy atom. The Morgan fingerprint density at radius 2 is 2.27 bits per heavy atom. The lowest BCUT2D eigenvalue weighted by molar-refractivity contribution is 0.844. The Balaban J connectivity index is 2.65. The lowest BCUT2D eigenvalue weighted by Gasteiger charge is -2.02. The number of rotatable bonds is 0. The van der Waals surface area contributed by atoms with E-state index in [2.05, 4.69) is 18.0 Å². The molecule has 1 aliphatic heterocycles. The molecule has 0 aliphatic carbocycles. The maximum atomic E-state index is 5.94. The largest absolute Gasteiger partial charge is 0.285 e. The maximum absolute atomic E-state index is 5.94. The van der Waals surface area contributed by atoms with Gasteiger partial charge in [0.25, 0.3) is 0 Å². The number of aliphatic imine (C=N–C) groups is 1. The molecule has 0 spiro atoms. The lowest BCUT2D eigenvalue weighted by atomic mass is 10.1. The standard InChI is InChI=1S/C9H8ClN/c1-6-7-3-2-4-9(10)8(7)5-11-6/h2-6H,1H3. The van der Waals surface area contributed by atoms with Crippen LogP contribution in [0.2, 0.25) is 5.02 Å². The van der Waals surface area contributed by atoms with E-state index in [0.29, 0.717) is 0 Å².